The second kappa shape index (κ2) is 7.82. The molecule has 0 radical (unpaired) electrons. The molecule has 0 saturated heterocycles. The average molecular weight is 405 g/mol. The number of esters is 1. The normalized spacial score (nSPS) is 11.0. The summed E-state index contributed by atoms with van der Waals surface area (Å²) < 4.78 is 12.7. The minimum Gasteiger partial charge on any atom is -0.463 e. The molecule has 0 saturated carbocycles. The summed E-state index contributed by atoms with van der Waals surface area (Å²) in [7, 11) is 1.26. The van der Waals surface area contributed by atoms with Gasteiger partial charge in [-0.1, -0.05) is 29.8 Å². The molecular formula is C22H19N3O5. The highest BCUT2D eigenvalue weighted by atomic mass is 16.5. The van der Waals surface area contributed by atoms with Crippen molar-refractivity contribution in [3.8, 4) is 0 Å². The molecule has 8 nitrogen and oxygen atoms in total. The molecular weight excluding hydrogens is 386 g/mol. The molecule has 0 spiro atoms. The lowest BCUT2D eigenvalue weighted by Crippen LogP contribution is -2.40. The molecule has 4 rings (SSSR count). The first-order chi connectivity index (χ1) is 14.5. The number of benzene rings is 1. The number of furan rings is 1. The first kappa shape index (κ1) is 19.4. The molecule has 4 aromatic rings. The Labute approximate surface area is 171 Å². The van der Waals surface area contributed by atoms with Crippen LogP contribution in [0.1, 0.15) is 27.4 Å². The maximum atomic E-state index is 13.2. The van der Waals surface area contributed by atoms with E-state index in [1.54, 1.807) is 18.2 Å². The Morgan fingerprint density at radius 2 is 1.80 bits per heavy atom. The molecule has 0 amide bonds. The number of pyridine rings is 1. The minimum absolute atomic E-state index is 0.0339. The number of methoxy groups -OCH3 is 1. The van der Waals surface area contributed by atoms with Crippen molar-refractivity contribution in [2.45, 2.75) is 20.0 Å². The zero-order chi connectivity index (χ0) is 21.3. The molecule has 8 heteroatoms. The summed E-state index contributed by atoms with van der Waals surface area (Å²) in [6.45, 7) is 2.12. The Hall–Kier alpha value is -3.94. The van der Waals surface area contributed by atoms with Crippen molar-refractivity contribution in [3.05, 3.63) is 98.2 Å². The van der Waals surface area contributed by atoms with Crippen molar-refractivity contribution in [1.29, 1.82) is 0 Å². The van der Waals surface area contributed by atoms with E-state index in [-0.39, 0.29) is 24.4 Å². The van der Waals surface area contributed by atoms with E-state index in [4.69, 9.17) is 4.42 Å². The number of aryl methyl sites for hydroxylation is 1. The van der Waals surface area contributed by atoms with Crippen LogP contribution in [0, 0.1) is 6.92 Å². The Morgan fingerprint density at radius 1 is 1.03 bits per heavy atom. The van der Waals surface area contributed by atoms with Gasteiger partial charge in [0.05, 0.1) is 25.7 Å². The third kappa shape index (κ3) is 3.55. The molecule has 0 aliphatic carbocycles. The zero-order valence-electron chi connectivity index (χ0n) is 16.5. The minimum atomic E-state index is -0.607. The first-order valence-corrected chi connectivity index (χ1v) is 9.29. The molecule has 30 heavy (non-hydrogen) atoms. The molecule has 0 atom stereocenters. The monoisotopic (exact) mass is 405 g/mol. The van der Waals surface area contributed by atoms with Crippen LogP contribution in [0.2, 0.25) is 0 Å². The summed E-state index contributed by atoms with van der Waals surface area (Å²) in [4.78, 5) is 42.0. The molecule has 152 valence electrons. The predicted molar refractivity (Wildman–Crippen MR) is 110 cm³/mol. The number of carbonyl (C=O) groups is 1. The fourth-order valence-corrected chi connectivity index (χ4v) is 3.24. The summed E-state index contributed by atoms with van der Waals surface area (Å²) in [5, 5.41) is 0. The molecule has 0 N–H and O–H groups in total. The predicted octanol–water partition coefficient (Wildman–Crippen LogP) is 2.34. The van der Waals surface area contributed by atoms with E-state index in [0.717, 1.165) is 15.7 Å². The average Bonchev–Trinajstić information content (AvgIpc) is 3.23. The van der Waals surface area contributed by atoms with E-state index in [2.05, 4.69) is 9.72 Å². The van der Waals surface area contributed by atoms with Gasteiger partial charge in [0.2, 0.25) is 5.76 Å². The smallest absolute Gasteiger partial charge is 0.373 e. The molecule has 3 heterocycles. The van der Waals surface area contributed by atoms with Gasteiger partial charge in [-0.2, -0.15) is 0 Å². The van der Waals surface area contributed by atoms with Crippen molar-refractivity contribution in [3.63, 3.8) is 0 Å². The maximum Gasteiger partial charge on any atom is 0.373 e. The highest BCUT2D eigenvalue weighted by Crippen LogP contribution is 2.13. The van der Waals surface area contributed by atoms with Gasteiger partial charge in [0, 0.05) is 6.20 Å². The van der Waals surface area contributed by atoms with Crippen molar-refractivity contribution in [1.82, 2.24) is 14.1 Å². The van der Waals surface area contributed by atoms with Gasteiger partial charge in [0.15, 0.2) is 5.52 Å². The number of nitrogens with zero attached hydrogens (tertiary/aromatic N) is 3. The van der Waals surface area contributed by atoms with Crippen LogP contribution in [0.25, 0.3) is 11.0 Å². The number of rotatable bonds is 5. The van der Waals surface area contributed by atoms with E-state index < -0.39 is 17.2 Å². The molecule has 3 aromatic heterocycles. The van der Waals surface area contributed by atoms with Crippen LogP contribution in [-0.4, -0.2) is 27.2 Å². The summed E-state index contributed by atoms with van der Waals surface area (Å²) in [5.74, 6) is -0.191. The molecule has 0 aliphatic rings. The Morgan fingerprint density at radius 3 is 2.53 bits per heavy atom. The lowest BCUT2D eigenvalue weighted by Gasteiger charge is -2.13. The van der Waals surface area contributed by atoms with E-state index >= 15 is 0 Å². The molecule has 0 fully saturated rings. The number of ether oxygens (including phenoxy) is 1. The second-order valence-electron chi connectivity index (χ2n) is 6.87. The SMILES string of the molecule is COC(=O)c1ccc(Cn2c(=O)n(Cc3ccc(C)cc3)c(=O)c3ncccc32)o1. The van der Waals surface area contributed by atoms with Crippen LogP contribution >= 0.6 is 0 Å². The quantitative estimate of drug-likeness (QED) is 0.473. The fourth-order valence-electron chi connectivity index (χ4n) is 3.24. The summed E-state index contributed by atoms with van der Waals surface area (Å²) in [6, 6.07) is 14.0. The van der Waals surface area contributed by atoms with E-state index in [0.29, 0.717) is 11.3 Å². The van der Waals surface area contributed by atoms with E-state index in [9.17, 15) is 14.4 Å². The van der Waals surface area contributed by atoms with Crippen molar-refractivity contribution in [2.24, 2.45) is 0 Å². The van der Waals surface area contributed by atoms with E-state index in [1.807, 2.05) is 31.2 Å². The molecule has 0 aliphatic heterocycles. The van der Waals surface area contributed by atoms with Crippen LogP contribution in [0.4, 0.5) is 0 Å². The van der Waals surface area contributed by atoms with Crippen molar-refractivity contribution >= 4 is 17.0 Å². The number of hydrogen-bond acceptors (Lipinski definition) is 6. The number of fused-ring (bicyclic) bond motifs is 1. The van der Waals surface area contributed by atoms with Crippen LogP contribution in [0.5, 0.6) is 0 Å². The van der Waals surface area contributed by atoms with Gasteiger partial charge in [-0.15, -0.1) is 0 Å². The van der Waals surface area contributed by atoms with Crippen molar-refractivity contribution in [2.75, 3.05) is 7.11 Å². The Kier molecular flexibility index (Phi) is 5.05. The van der Waals surface area contributed by atoms with Crippen LogP contribution in [0.15, 0.2) is 68.7 Å². The standard InChI is InChI=1S/C22H19N3O5/c1-14-5-7-15(8-6-14)12-25-20(26)19-17(4-3-11-23-19)24(22(25)28)13-16-9-10-18(30-16)21(27)29-2/h3-11H,12-13H2,1-2H3. The van der Waals surface area contributed by atoms with E-state index in [1.165, 1.54) is 23.9 Å². The number of carbonyl (C=O) groups excluding carboxylic acids is 1. The zero-order valence-corrected chi connectivity index (χ0v) is 16.5. The lowest BCUT2D eigenvalue weighted by atomic mass is 10.1. The lowest BCUT2D eigenvalue weighted by molar-refractivity contribution is 0.0563. The molecule has 0 unspecified atom stereocenters. The van der Waals surface area contributed by atoms with Gasteiger partial charge < -0.3 is 9.15 Å². The van der Waals surface area contributed by atoms with Crippen LogP contribution < -0.4 is 11.2 Å². The molecule has 1 aromatic carbocycles. The Balaban J connectivity index is 1.83. The maximum absolute atomic E-state index is 13.2. The summed E-state index contributed by atoms with van der Waals surface area (Å²) in [6.07, 6.45) is 1.51. The highest BCUT2D eigenvalue weighted by Gasteiger charge is 2.17. The fraction of sp³-hybridized carbons (Fsp3) is 0.182. The van der Waals surface area contributed by atoms with Gasteiger partial charge in [0.1, 0.15) is 5.76 Å². The van der Waals surface area contributed by atoms with Crippen LogP contribution in [0.3, 0.4) is 0 Å². The second-order valence-corrected chi connectivity index (χ2v) is 6.87. The van der Waals surface area contributed by atoms with Gasteiger partial charge in [0.25, 0.3) is 5.56 Å². The highest BCUT2D eigenvalue weighted by molar-refractivity contribution is 5.86. The third-order valence-electron chi connectivity index (χ3n) is 4.81. The molecule has 0 bridgehead atoms. The van der Waals surface area contributed by atoms with Gasteiger partial charge >= 0.3 is 11.7 Å². The summed E-state index contributed by atoms with van der Waals surface area (Å²) >= 11 is 0. The van der Waals surface area contributed by atoms with Crippen molar-refractivity contribution < 1.29 is 13.9 Å². The number of aromatic nitrogens is 3. The number of hydrogen-bond donors (Lipinski definition) is 0. The summed E-state index contributed by atoms with van der Waals surface area (Å²) in [5.41, 5.74) is 1.54. The largest absolute Gasteiger partial charge is 0.463 e. The van der Waals surface area contributed by atoms with Crippen LogP contribution in [-0.2, 0) is 17.8 Å². The first-order valence-electron chi connectivity index (χ1n) is 9.29. The van der Waals surface area contributed by atoms with Gasteiger partial charge in [-0.25, -0.2) is 14.6 Å². The topological polar surface area (TPSA) is 96.3 Å². The van der Waals surface area contributed by atoms with Gasteiger partial charge in [-0.05, 0) is 36.8 Å². The Bertz CT molecular complexity index is 1350. The third-order valence-corrected chi connectivity index (χ3v) is 4.81. The van der Waals surface area contributed by atoms with Gasteiger partial charge in [-0.3, -0.25) is 13.9 Å².